The fourth-order valence-electron chi connectivity index (χ4n) is 3.25. The molecule has 2 heterocycles. The minimum absolute atomic E-state index is 0.103. The number of aryl methyl sites for hydroxylation is 1. The summed E-state index contributed by atoms with van der Waals surface area (Å²) in [5.74, 6) is 0.649. The van der Waals surface area contributed by atoms with E-state index in [9.17, 15) is 9.59 Å². The lowest BCUT2D eigenvalue weighted by atomic mass is 10.2. The highest BCUT2D eigenvalue weighted by atomic mass is 35.5. The summed E-state index contributed by atoms with van der Waals surface area (Å²) in [4.78, 5) is 30.3. The minimum Gasteiger partial charge on any atom is -0.494 e. The molecule has 0 saturated heterocycles. The zero-order valence-corrected chi connectivity index (χ0v) is 19.5. The number of nitrogens with one attached hydrogen (secondary N) is 1. The molecule has 8 nitrogen and oxygen atoms in total. The molecule has 0 saturated carbocycles. The summed E-state index contributed by atoms with van der Waals surface area (Å²) in [7, 11) is 0. The Hall–Kier alpha value is -3.30. The number of fused-ring (bicyclic) bond motifs is 1. The molecule has 0 aliphatic carbocycles. The molecule has 0 aliphatic rings. The quantitative estimate of drug-likeness (QED) is 0.285. The molecule has 170 valence electrons. The summed E-state index contributed by atoms with van der Waals surface area (Å²) >= 11 is 7.15. The van der Waals surface area contributed by atoms with Gasteiger partial charge in [0, 0.05) is 18.4 Å². The molecule has 10 heteroatoms. The van der Waals surface area contributed by atoms with Gasteiger partial charge in [0.15, 0.2) is 5.16 Å². The normalized spacial score (nSPS) is 11.0. The van der Waals surface area contributed by atoms with Crippen molar-refractivity contribution < 1.29 is 9.53 Å². The number of carbonyl (C=O) groups is 1. The van der Waals surface area contributed by atoms with Gasteiger partial charge in [0.05, 0.1) is 41.0 Å². The number of carbonyl (C=O) groups excluding carboxylic acids is 1. The number of anilines is 1. The van der Waals surface area contributed by atoms with E-state index in [0.29, 0.717) is 46.5 Å². The molecule has 1 amide bonds. The van der Waals surface area contributed by atoms with Gasteiger partial charge in [-0.15, -0.1) is 0 Å². The third kappa shape index (κ3) is 5.74. The van der Waals surface area contributed by atoms with Crippen molar-refractivity contribution in [3.05, 3.63) is 76.3 Å². The lowest BCUT2D eigenvalue weighted by molar-refractivity contribution is -0.113. The zero-order valence-electron chi connectivity index (χ0n) is 17.9. The molecule has 2 aromatic carbocycles. The lowest BCUT2D eigenvalue weighted by Gasteiger charge is -2.13. The predicted molar refractivity (Wildman–Crippen MR) is 130 cm³/mol. The molecule has 0 spiro atoms. The average molecular weight is 484 g/mol. The lowest BCUT2D eigenvalue weighted by Crippen LogP contribution is -2.26. The van der Waals surface area contributed by atoms with Crippen molar-refractivity contribution in [2.24, 2.45) is 0 Å². The van der Waals surface area contributed by atoms with Gasteiger partial charge in [0.2, 0.25) is 5.91 Å². The Bertz CT molecular complexity index is 1320. The van der Waals surface area contributed by atoms with Crippen LogP contribution in [-0.4, -0.2) is 37.6 Å². The van der Waals surface area contributed by atoms with Crippen molar-refractivity contribution in [3.63, 3.8) is 0 Å². The van der Waals surface area contributed by atoms with Crippen LogP contribution in [0.1, 0.15) is 6.92 Å². The zero-order chi connectivity index (χ0) is 23.2. The fraction of sp³-hybridized carbons (Fsp3) is 0.217. The molecule has 0 fully saturated rings. The van der Waals surface area contributed by atoms with Gasteiger partial charge in [-0.1, -0.05) is 35.5 Å². The highest BCUT2D eigenvalue weighted by Crippen LogP contribution is 2.20. The second-order valence-corrected chi connectivity index (χ2v) is 8.46. The maximum absolute atomic E-state index is 13.1. The van der Waals surface area contributed by atoms with Gasteiger partial charge < -0.3 is 10.1 Å². The van der Waals surface area contributed by atoms with Gasteiger partial charge in [-0.2, -0.15) is 5.10 Å². The predicted octanol–water partition coefficient (Wildman–Crippen LogP) is 4.08. The number of aromatic nitrogens is 4. The van der Waals surface area contributed by atoms with Crippen molar-refractivity contribution >= 4 is 45.9 Å². The van der Waals surface area contributed by atoms with E-state index >= 15 is 0 Å². The van der Waals surface area contributed by atoms with Crippen molar-refractivity contribution in [2.45, 2.75) is 25.2 Å². The second kappa shape index (κ2) is 10.5. The smallest absolute Gasteiger partial charge is 0.262 e. The molecular weight excluding hydrogens is 462 g/mol. The van der Waals surface area contributed by atoms with E-state index in [2.05, 4.69) is 15.4 Å². The summed E-state index contributed by atoms with van der Waals surface area (Å²) in [5, 5.41) is 8.54. The number of thioether (sulfide) groups is 1. The van der Waals surface area contributed by atoms with Gasteiger partial charge in [-0.25, -0.2) is 4.98 Å². The molecule has 2 aromatic heterocycles. The van der Waals surface area contributed by atoms with Crippen LogP contribution in [-0.2, 0) is 17.9 Å². The van der Waals surface area contributed by atoms with Crippen LogP contribution in [0.15, 0.2) is 70.9 Å². The molecule has 0 aliphatic heterocycles. The van der Waals surface area contributed by atoms with E-state index in [1.807, 2.05) is 13.0 Å². The van der Waals surface area contributed by atoms with Crippen molar-refractivity contribution in [1.82, 2.24) is 19.3 Å². The van der Waals surface area contributed by atoms with E-state index in [0.717, 1.165) is 5.75 Å². The molecule has 4 aromatic rings. The van der Waals surface area contributed by atoms with E-state index in [-0.39, 0.29) is 17.2 Å². The first-order valence-corrected chi connectivity index (χ1v) is 11.7. The first-order valence-electron chi connectivity index (χ1n) is 10.4. The molecule has 0 atom stereocenters. The molecule has 0 unspecified atom stereocenters. The van der Waals surface area contributed by atoms with Crippen LogP contribution in [0, 0.1) is 0 Å². The van der Waals surface area contributed by atoms with Gasteiger partial charge in [-0.3, -0.25) is 18.8 Å². The van der Waals surface area contributed by atoms with Crippen molar-refractivity contribution in [1.29, 1.82) is 0 Å². The Morgan fingerprint density at radius 2 is 1.94 bits per heavy atom. The van der Waals surface area contributed by atoms with Crippen LogP contribution in [0.2, 0.25) is 5.02 Å². The average Bonchev–Trinajstić information content (AvgIpc) is 3.24. The van der Waals surface area contributed by atoms with Crippen LogP contribution < -0.4 is 15.6 Å². The van der Waals surface area contributed by atoms with Gasteiger partial charge in [-0.05, 0) is 43.3 Å². The monoisotopic (exact) mass is 483 g/mol. The maximum Gasteiger partial charge on any atom is 0.262 e. The highest BCUT2D eigenvalue weighted by molar-refractivity contribution is 7.99. The van der Waals surface area contributed by atoms with Crippen LogP contribution >= 0.6 is 23.4 Å². The fourth-order valence-corrected chi connectivity index (χ4v) is 4.23. The van der Waals surface area contributed by atoms with Crippen molar-refractivity contribution in [2.75, 3.05) is 17.7 Å². The van der Waals surface area contributed by atoms with E-state index in [1.165, 1.54) is 11.8 Å². The number of nitrogens with zero attached hydrogens (tertiary/aromatic N) is 4. The number of benzene rings is 2. The van der Waals surface area contributed by atoms with Crippen LogP contribution in [0.4, 0.5) is 5.69 Å². The number of hydrogen-bond acceptors (Lipinski definition) is 6. The van der Waals surface area contributed by atoms with Crippen LogP contribution in [0.3, 0.4) is 0 Å². The number of amides is 1. The van der Waals surface area contributed by atoms with Gasteiger partial charge in [0.1, 0.15) is 5.75 Å². The van der Waals surface area contributed by atoms with E-state index in [1.54, 1.807) is 64.1 Å². The maximum atomic E-state index is 13.1. The number of para-hydroxylation sites is 1. The summed E-state index contributed by atoms with van der Waals surface area (Å²) in [6.07, 6.45) is 3.24. The third-order valence-corrected chi connectivity index (χ3v) is 5.93. The molecule has 1 N–H and O–H groups in total. The number of halogens is 1. The largest absolute Gasteiger partial charge is 0.494 e. The number of rotatable bonds is 9. The van der Waals surface area contributed by atoms with E-state index < -0.39 is 0 Å². The van der Waals surface area contributed by atoms with E-state index in [4.69, 9.17) is 16.3 Å². The molecular formula is C23H22ClN5O3S. The first-order chi connectivity index (χ1) is 16.0. The highest BCUT2D eigenvalue weighted by Gasteiger charge is 2.14. The van der Waals surface area contributed by atoms with Gasteiger partial charge in [0.25, 0.3) is 5.56 Å². The minimum atomic E-state index is -0.197. The summed E-state index contributed by atoms with van der Waals surface area (Å²) in [5.41, 5.74) is 1.10. The Morgan fingerprint density at radius 1 is 1.15 bits per heavy atom. The Kier molecular flexibility index (Phi) is 7.31. The van der Waals surface area contributed by atoms with Crippen LogP contribution in [0.5, 0.6) is 5.75 Å². The number of hydrogen-bond donors (Lipinski definition) is 1. The summed E-state index contributed by atoms with van der Waals surface area (Å²) in [6, 6.07) is 14.3. The molecule has 0 bridgehead atoms. The number of ether oxygens (including phenoxy) is 1. The Morgan fingerprint density at radius 3 is 2.67 bits per heavy atom. The SMILES string of the molecule is CCOc1ccc(NC(=O)CSc2nc3ccccc3c(=O)n2CCn2cc(Cl)cn2)cc1. The summed E-state index contributed by atoms with van der Waals surface area (Å²) < 4.78 is 8.66. The standard InChI is InChI=1S/C23H22ClN5O3S/c1-2-32-18-9-7-17(8-10-18)26-21(30)15-33-23-27-20-6-4-3-5-19(20)22(31)29(23)12-11-28-14-16(24)13-25-28/h3-10,13-14H,2,11-12,15H2,1H3,(H,26,30). The Labute approximate surface area is 199 Å². The molecule has 4 rings (SSSR count). The first kappa shape index (κ1) is 22.9. The van der Waals surface area contributed by atoms with Gasteiger partial charge >= 0.3 is 0 Å². The Balaban J connectivity index is 1.50. The van der Waals surface area contributed by atoms with Crippen LogP contribution in [0.25, 0.3) is 10.9 Å². The third-order valence-electron chi connectivity index (χ3n) is 4.76. The second-order valence-electron chi connectivity index (χ2n) is 7.08. The topological polar surface area (TPSA) is 91.0 Å². The molecule has 33 heavy (non-hydrogen) atoms. The van der Waals surface area contributed by atoms with Crippen molar-refractivity contribution in [3.8, 4) is 5.75 Å². The molecule has 0 radical (unpaired) electrons. The summed E-state index contributed by atoms with van der Waals surface area (Å²) in [6.45, 7) is 3.28.